The molecule has 2 fully saturated rings. The van der Waals surface area contributed by atoms with E-state index in [0.29, 0.717) is 17.7 Å². The van der Waals surface area contributed by atoms with Crippen molar-refractivity contribution < 1.29 is 18.7 Å². The summed E-state index contributed by atoms with van der Waals surface area (Å²) in [5, 5.41) is 0. The Morgan fingerprint density at radius 3 is 2.48 bits per heavy atom. The lowest BCUT2D eigenvalue weighted by molar-refractivity contribution is -0.135. The fourth-order valence-electron chi connectivity index (χ4n) is 3.68. The van der Waals surface area contributed by atoms with E-state index in [0.717, 1.165) is 52.2 Å². The van der Waals surface area contributed by atoms with Crippen molar-refractivity contribution in [2.75, 3.05) is 46.0 Å². The molecule has 0 bridgehead atoms. The third-order valence-electron chi connectivity index (χ3n) is 5.37. The van der Waals surface area contributed by atoms with Crippen molar-refractivity contribution in [2.45, 2.75) is 25.8 Å². The standard InChI is InChI=1S/C19H27FN2O3/c1-15(21-10-12-24-13-11-21)16-6-8-22(9-7-16)19(23)14-25-18-4-2-17(20)3-5-18/h2-5,15-16H,6-14H2,1H3/t15-/m0/s1. The number of ether oxygens (including phenoxy) is 2. The lowest BCUT2D eigenvalue weighted by atomic mass is 9.89. The smallest absolute Gasteiger partial charge is 0.260 e. The summed E-state index contributed by atoms with van der Waals surface area (Å²) in [5.74, 6) is 0.836. The first-order chi connectivity index (χ1) is 12.1. The van der Waals surface area contributed by atoms with Crippen molar-refractivity contribution in [3.8, 4) is 5.75 Å². The first-order valence-corrected chi connectivity index (χ1v) is 9.11. The number of benzene rings is 1. The topological polar surface area (TPSA) is 42.0 Å². The second-order valence-electron chi connectivity index (χ2n) is 6.85. The van der Waals surface area contributed by atoms with Crippen LogP contribution in [0.4, 0.5) is 4.39 Å². The zero-order valence-corrected chi connectivity index (χ0v) is 14.8. The Balaban J connectivity index is 1.41. The van der Waals surface area contributed by atoms with E-state index in [2.05, 4.69) is 11.8 Å². The van der Waals surface area contributed by atoms with E-state index in [4.69, 9.17) is 9.47 Å². The number of morpholine rings is 1. The molecule has 0 saturated carbocycles. The van der Waals surface area contributed by atoms with Gasteiger partial charge >= 0.3 is 0 Å². The monoisotopic (exact) mass is 350 g/mol. The van der Waals surface area contributed by atoms with E-state index < -0.39 is 0 Å². The van der Waals surface area contributed by atoms with Gasteiger partial charge in [-0.05, 0) is 49.9 Å². The van der Waals surface area contributed by atoms with Gasteiger partial charge in [0, 0.05) is 32.2 Å². The summed E-state index contributed by atoms with van der Waals surface area (Å²) in [5.41, 5.74) is 0. The van der Waals surface area contributed by atoms with Crippen LogP contribution in [0.1, 0.15) is 19.8 Å². The number of rotatable bonds is 5. The van der Waals surface area contributed by atoms with Crippen LogP contribution in [0.3, 0.4) is 0 Å². The van der Waals surface area contributed by atoms with Crippen LogP contribution in [-0.4, -0.2) is 67.7 Å². The molecular formula is C19H27FN2O3. The first kappa shape index (κ1) is 18.1. The molecule has 5 nitrogen and oxygen atoms in total. The molecule has 1 aromatic carbocycles. The maximum absolute atomic E-state index is 12.9. The molecule has 2 saturated heterocycles. The lowest BCUT2D eigenvalue weighted by Crippen LogP contribution is -2.49. The van der Waals surface area contributed by atoms with Gasteiger partial charge in [0.2, 0.25) is 0 Å². The molecule has 3 rings (SSSR count). The molecule has 1 amide bonds. The van der Waals surface area contributed by atoms with Gasteiger partial charge in [0.05, 0.1) is 13.2 Å². The van der Waals surface area contributed by atoms with E-state index in [1.54, 1.807) is 12.1 Å². The molecule has 1 atom stereocenters. The minimum absolute atomic E-state index is 0.00167. The van der Waals surface area contributed by atoms with Crippen LogP contribution in [0.15, 0.2) is 24.3 Å². The average Bonchev–Trinajstić information content (AvgIpc) is 2.67. The van der Waals surface area contributed by atoms with Gasteiger partial charge in [-0.2, -0.15) is 0 Å². The average molecular weight is 350 g/mol. The van der Waals surface area contributed by atoms with Gasteiger partial charge in [-0.15, -0.1) is 0 Å². The summed E-state index contributed by atoms with van der Waals surface area (Å²) in [6.45, 7) is 7.53. The van der Waals surface area contributed by atoms with Crippen LogP contribution in [0, 0.1) is 11.7 Å². The fourth-order valence-corrected chi connectivity index (χ4v) is 3.68. The molecule has 0 unspecified atom stereocenters. The Bertz CT molecular complexity index is 552. The largest absolute Gasteiger partial charge is 0.484 e. The number of nitrogens with zero attached hydrogens (tertiary/aromatic N) is 2. The number of likely N-dealkylation sites (tertiary alicyclic amines) is 1. The molecule has 2 aliphatic rings. The van der Waals surface area contributed by atoms with E-state index in [-0.39, 0.29) is 18.3 Å². The van der Waals surface area contributed by atoms with Crippen LogP contribution in [0.2, 0.25) is 0 Å². The number of carbonyl (C=O) groups excluding carboxylic acids is 1. The summed E-state index contributed by atoms with van der Waals surface area (Å²) in [7, 11) is 0. The molecule has 2 heterocycles. The van der Waals surface area contributed by atoms with Gasteiger partial charge in [-0.1, -0.05) is 0 Å². The van der Waals surface area contributed by atoms with Gasteiger partial charge in [-0.3, -0.25) is 9.69 Å². The van der Waals surface area contributed by atoms with Crippen LogP contribution < -0.4 is 4.74 Å². The fraction of sp³-hybridized carbons (Fsp3) is 0.632. The summed E-state index contributed by atoms with van der Waals surface area (Å²) >= 11 is 0. The Morgan fingerprint density at radius 2 is 1.84 bits per heavy atom. The number of carbonyl (C=O) groups is 1. The second-order valence-corrected chi connectivity index (χ2v) is 6.85. The zero-order valence-electron chi connectivity index (χ0n) is 14.8. The molecule has 0 aromatic heterocycles. The number of hydrogen-bond acceptors (Lipinski definition) is 4. The van der Waals surface area contributed by atoms with Crippen LogP contribution >= 0.6 is 0 Å². The van der Waals surface area contributed by atoms with Crippen molar-refractivity contribution in [3.63, 3.8) is 0 Å². The number of amides is 1. The predicted molar refractivity (Wildman–Crippen MR) is 93.1 cm³/mol. The normalized spacial score (nSPS) is 21.1. The number of hydrogen-bond donors (Lipinski definition) is 0. The first-order valence-electron chi connectivity index (χ1n) is 9.11. The molecule has 2 aliphatic heterocycles. The molecule has 25 heavy (non-hydrogen) atoms. The predicted octanol–water partition coefficient (Wildman–Crippen LogP) is 2.16. The van der Waals surface area contributed by atoms with Crippen LogP contribution in [0.5, 0.6) is 5.75 Å². The highest BCUT2D eigenvalue weighted by Crippen LogP contribution is 2.25. The van der Waals surface area contributed by atoms with E-state index >= 15 is 0 Å². The van der Waals surface area contributed by atoms with Crippen molar-refractivity contribution in [3.05, 3.63) is 30.1 Å². The third-order valence-corrected chi connectivity index (χ3v) is 5.37. The minimum Gasteiger partial charge on any atom is -0.484 e. The summed E-state index contributed by atoms with van der Waals surface area (Å²) in [4.78, 5) is 16.7. The molecule has 0 radical (unpaired) electrons. The highest BCUT2D eigenvalue weighted by atomic mass is 19.1. The number of halogens is 1. The van der Waals surface area contributed by atoms with Crippen molar-refractivity contribution in [2.24, 2.45) is 5.92 Å². The molecule has 6 heteroatoms. The van der Waals surface area contributed by atoms with Crippen LogP contribution in [0.25, 0.3) is 0 Å². The highest BCUT2D eigenvalue weighted by molar-refractivity contribution is 5.77. The quantitative estimate of drug-likeness (QED) is 0.816. The third kappa shape index (κ3) is 4.92. The van der Waals surface area contributed by atoms with E-state index in [9.17, 15) is 9.18 Å². The summed E-state index contributed by atoms with van der Waals surface area (Å²) in [6, 6.07) is 6.28. The van der Waals surface area contributed by atoms with Crippen molar-refractivity contribution in [1.82, 2.24) is 9.80 Å². The van der Waals surface area contributed by atoms with Gasteiger partial charge in [0.15, 0.2) is 6.61 Å². The maximum atomic E-state index is 12.9. The molecule has 0 spiro atoms. The summed E-state index contributed by atoms with van der Waals surface area (Å²) in [6.07, 6.45) is 2.06. The Morgan fingerprint density at radius 1 is 1.20 bits per heavy atom. The van der Waals surface area contributed by atoms with E-state index in [1.165, 1.54) is 12.1 Å². The molecular weight excluding hydrogens is 323 g/mol. The van der Waals surface area contributed by atoms with Crippen molar-refractivity contribution in [1.29, 1.82) is 0 Å². The lowest BCUT2D eigenvalue weighted by Gasteiger charge is -2.41. The molecule has 0 aliphatic carbocycles. The van der Waals surface area contributed by atoms with Gasteiger partial charge in [0.1, 0.15) is 11.6 Å². The maximum Gasteiger partial charge on any atom is 0.260 e. The summed E-state index contributed by atoms with van der Waals surface area (Å²) < 4.78 is 23.8. The number of piperidine rings is 1. The van der Waals surface area contributed by atoms with Gasteiger partial charge in [0.25, 0.3) is 5.91 Å². The zero-order chi connectivity index (χ0) is 17.6. The molecule has 138 valence electrons. The SMILES string of the molecule is C[C@@H](C1CCN(C(=O)COc2ccc(F)cc2)CC1)N1CCOCC1. The Labute approximate surface area is 148 Å². The Hall–Kier alpha value is -1.66. The van der Waals surface area contributed by atoms with Gasteiger partial charge in [-0.25, -0.2) is 4.39 Å². The van der Waals surface area contributed by atoms with Crippen LogP contribution in [-0.2, 0) is 9.53 Å². The van der Waals surface area contributed by atoms with E-state index in [1.807, 2.05) is 4.90 Å². The minimum atomic E-state index is -0.310. The second kappa shape index (κ2) is 8.63. The Kier molecular flexibility index (Phi) is 6.26. The molecule has 0 N–H and O–H groups in total. The highest BCUT2D eigenvalue weighted by Gasteiger charge is 2.30. The van der Waals surface area contributed by atoms with Gasteiger partial charge < -0.3 is 14.4 Å². The molecule has 1 aromatic rings. The van der Waals surface area contributed by atoms with Crippen molar-refractivity contribution >= 4 is 5.91 Å².